The van der Waals surface area contributed by atoms with Gasteiger partial charge in [0.25, 0.3) is 0 Å². The van der Waals surface area contributed by atoms with Crippen molar-refractivity contribution in [3.63, 3.8) is 0 Å². The van der Waals surface area contributed by atoms with Crippen LogP contribution >= 0.6 is 0 Å². The molecule has 176 valence electrons. The van der Waals surface area contributed by atoms with E-state index in [1.165, 1.54) is 24.3 Å². The fraction of sp³-hybridized carbons (Fsp3) is 0.320. The van der Waals surface area contributed by atoms with Gasteiger partial charge in [0.15, 0.2) is 0 Å². The molecule has 0 saturated heterocycles. The van der Waals surface area contributed by atoms with Crippen LogP contribution in [0.3, 0.4) is 0 Å². The van der Waals surface area contributed by atoms with Crippen LogP contribution in [-0.4, -0.2) is 57.5 Å². The van der Waals surface area contributed by atoms with E-state index in [0.29, 0.717) is 30.1 Å². The molecule has 0 aromatic heterocycles. The number of hydrogen-bond acceptors (Lipinski definition) is 8. The molecule has 0 saturated carbocycles. The summed E-state index contributed by atoms with van der Waals surface area (Å²) in [6.07, 6.45) is 1.98. The first-order valence-electron chi connectivity index (χ1n) is 10.6. The standard InChI is InChI=1S/C25H28O8/c1-3-19-5-7-21(8-6-19)25(28)33-22-11-9-20(10-12-22)24(27)32-18-16-30-14-13-29-15-17-31-23(26)4-2/h4-12H,2-3,13-18H2,1H3. The minimum Gasteiger partial charge on any atom is -0.460 e. The summed E-state index contributed by atoms with van der Waals surface area (Å²) >= 11 is 0. The molecule has 0 spiro atoms. The summed E-state index contributed by atoms with van der Waals surface area (Å²) in [5.74, 6) is -1.14. The topological polar surface area (TPSA) is 97.4 Å². The Kier molecular flexibility index (Phi) is 11.4. The second-order valence-electron chi connectivity index (χ2n) is 6.70. The van der Waals surface area contributed by atoms with Gasteiger partial charge < -0.3 is 23.7 Å². The van der Waals surface area contributed by atoms with E-state index in [-0.39, 0.29) is 26.4 Å². The highest BCUT2D eigenvalue weighted by Gasteiger charge is 2.11. The van der Waals surface area contributed by atoms with Crippen LogP contribution in [0.5, 0.6) is 5.75 Å². The minimum atomic E-state index is -0.507. The van der Waals surface area contributed by atoms with Gasteiger partial charge in [-0.05, 0) is 48.4 Å². The molecule has 0 aliphatic rings. The third-order valence-corrected chi connectivity index (χ3v) is 4.37. The fourth-order valence-corrected chi connectivity index (χ4v) is 2.56. The van der Waals surface area contributed by atoms with Crippen LogP contribution < -0.4 is 4.74 Å². The van der Waals surface area contributed by atoms with Crippen LogP contribution in [-0.2, 0) is 30.2 Å². The van der Waals surface area contributed by atoms with Crippen molar-refractivity contribution in [3.05, 3.63) is 77.9 Å². The average Bonchev–Trinajstić information content (AvgIpc) is 2.85. The second kappa shape index (κ2) is 14.5. The predicted octanol–water partition coefficient (Wildman–Crippen LogP) is 3.39. The zero-order chi connectivity index (χ0) is 23.9. The minimum absolute atomic E-state index is 0.0836. The van der Waals surface area contributed by atoms with E-state index in [0.717, 1.165) is 18.1 Å². The molecule has 0 amide bonds. The van der Waals surface area contributed by atoms with Gasteiger partial charge in [-0.25, -0.2) is 14.4 Å². The van der Waals surface area contributed by atoms with Crippen LogP contribution in [0.4, 0.5) is 0 Å². The first-order valence-corrected chi connectivity index (χ1v) is 10.6. The number of aryl methyl sites for hydroxylation is 1. The largest absolute Gasteiger partial charge is 0.460 e. The van der Waals surface area contributed by atoms with Gasteiger partial charge in [-0.1, -0.05) is 25.6 Å². The van der Waals surface area contributed by atoms with Crippen molar-refractivity contribution in [2.75, 3.05) is 39.6 Å². The Morgan fingerprint density at radius 1 is 0.727 bits per heavy atom. The van der Waals surface area contributed by atoms with E-state index in [2.05, 4.69) is 6.58 Å². The van der Waals surface area contributed by atoms with Gasteiger partial charge in [0, 0.05) is 6.08 Å². The molecule has 0 unspecified atom stereocenters. The number of hydrogen-bond donors (Lipinski definition) is 0. The Labute approximate surface area is 193 Å². The molecule has 8 nitrogen and oxygen atoms in total. The van der Waals surface area contributed by atoms with E-state index in [1.807, 2.05) is 19.1 Å². The molecule has 0 radical (unpaired) electrons. The van der Waals surface area contributed by atoms with Crippen LogP contribution in [0.15, 0.2) is 61.2 Å². The van der Waals surface area contributed by atoms with Gasteiger partial charge in [-0.2, -0.15) is 0 Å². The summed E-state index contributed by atoms with van der Waals surface area (Å²) in [6, 6.07) is 13.3. The third-order valence-electron chi connectivity index (χ3n) is 4.37. The first kappa shape index (κ1) is 25.8. The van der Waals surface area contributed by atoms with Gasteiger partial charge in [0.05, 0.1) is 37.6 Å². The highest BCUT2D eigenvalue weighted by Crippen LogP contribution is 2.15. The van der Waals surface area contributed by atoms with Crippen molar-refractivity contribution in [3.8, 4) is 5.75 Å². The summed E-state index contributed by atoms with van der Waals surface area (Å²) in [5.41, 5.74) is 1.92. The number of benzene rings is 2. The van der Waals surface area contributed by atoms with Crippen molar-refractivity contribution in [2.45, 2.75) is 13.3 Å². The molecule has 33 heavy (non-hydrogen) atoms. The van der Waals surface area contributed by atoms with Gasteiger partial charge in [-0.15, -0.1) is 0 Å². The lowest BCUT2D eigenvalue weighted by atomic mass is 10.1. The monoisotopic (exact) mass is 456 g/mol. The predicted molar refractivity (Wildman–Crippen MR) is 120 cm³/mol. The van der Waals surface area contributed by atoms with Crippen LogP contribution in [0.1, 0.15) is 33.2 Å². The van der Waals surface area contributed by atoms with E-state index in [1.54, 1.807) is 12.1 Å². The first-order chi connectivity index (χ1) is 16.0. The molecular formula is C25H28O8. The molecule has 8 heteroatoms. The highest BCUT2D eigenvalue weighted by atomic mass is 16.6. The van der Waals surface area contributed by atoms with E-state index in [4.69, 9.17) is 23.7 Å². The second-order valence-corrected chi connectivity index (χ2v) is 6.70. The van der Waals surface area contributed by atoms with Crippen molar-refractivity contribution in [1.29, 1.82) is 0 Å². The van der Waals surface area contributed by atoms with Crippen LogP contribution in [0.25, 0.3) is 0 Å². The quantitative estimate of drug-likeness (QED) is 0.185. The van der Waals surface area contributed by atoms with Crippen LogP contribution in [0, 0.1) is 0 Å². The maximum absolute atomic E-state index is 12.2. The normalized spacial score (nSPS) is 10.3. The molecular weight excluding hydrogens is 428 g/mol. The molecule has 0 aliphatic heterocycles. The maximum Gasteiger partial charge on any atom is 0.343 e. The molecule has 0 aliphatic carbocycles. The highest BCUT2D eigenvalue weighted by molar-refractivity contribution is 5.92. The molecule has 2 aromatic rings. The summed E-state index contributed by atoms with van der Waals surface area (Å²) in [5, 5.41) is 0. The average molecular weight is 456 g/mol. The summed E-state index contributed by atoms with van der Waals surface area (Å²) < 4.78 is 25.8. The number of rotatable bonds is 14. The third kappa shape index (κ3) is 9.67. The molecule has 0 fully saturated rings. The van der Waals surface area contributed by atoms with E-state index < -0.39 is 17.9 Å². The molecule has 0 bridgehead atoms. The van der Waals surface area contributed by atoms with Crippen molar-refractivity contribution in [1.82, 2.24) is 0 Å². The number of carbonyl (C=O) groups excluding carboxylic acids is 3. The lowest BCUT2D eigenvalue weighted by Gasteiger charge is -2.08. The Hall–Kier alpha value is -3.49. The number of carbonyl (C=O) groups is 3. The van der Waals surface area contributed by atoms with E-state index in [9.17, 15) is 14.4 Å². The number of esters is 3. The SMILES string of the molecule is C=CC(=O)OCCOCCOCCOC(=O)c1ccc(OC(=O)c2ccc(CC)cc2)cc1. The molecule has 0 atom stereocenters. The maximum atomic E-state index is 12.2. The van der Waals surface area contributed by atoms with Gasteiger partial charge in [0.1, 0.15) is 19.0 Å². The Bertz CT molecular complexity index is 903. The zero-order valence-electron chi connectivity index (χ0n) is 18.6. The zero-order valence-corrected chi connectivity index (χ0v) is 18.6. The van der Waals surface area contributed by atoms with Crippen LogP contribution in [0.2, 0.25) is 0 Å². The van der Waals surface area contributed by atoms with Crippen molar-refractivity contribution >= 4 is 17.9 Å². The summed E-state index contributed by atoms with van der Waals surface area (Å²) in [6.45, 7) is 6.67. The fourth-order valence-electron chi connectivity index (χ4n) is 2.56. The smallest absolute Gasteiger partial charge is 0.343 e. The Morgan fingerprint density at radius 3 is 1.82 bits per heavy atom. The Balaban J connectivity index is 1.61. The molecule has 2 aromatic carbocycles. The van der Waals surface area contributed by atoms with E-state index >= 15 is 0 Å². The Morgan fingerprint density at radius 2 is 1.24 bits per heavy atom. The molecule has 0 heterocycles. The van der Waals surface area contributed by atoms with Crippen molar-refractivity contribution < 1.29 is 38.1 Å². The summed E-state index contributed by atoms with van der Waals surface area (Å²) in [4.78, 5) is 35.1. The van der Waals surface area contributed by atoms with Gasteiger partial charge in [-0.3, -0.25) is 0 Å². The van der Waals surface area contributed by atoms with Gasteiger partial charge >= 0.3 is 17.9 Å². The molecule has 2 rings (SSSR count). The lowest BCUT2D eigenvalue weighted by Crippen LogP contribution is -2.14. The molecule has 0 N–H and O–H groups in total. The van der Waals surface area contributed by atoms with Gasteiger partial charge in [0.2, 0.25) is 0 Å². The van der Waals surface area contributed by atoms with Crippen molar-refractivity contribution in [2.24, 2.45) is 0 Å². The summed E-state index contributed by atoms with van der Waals surface area (Å²) in [7, 11) is 0. The number of ether oxygens (including phenoxy) is 5. The lowest BCUT2D eigenvalue weighted by molar-refractivity contribution is -0.139.